The Labute approximate surface area is 182 Å². The molecule has 0 spiro atoms. The van der Waals surface area contributed by atoms with Crippen molar-refractivity contribution in [2.45, 2.75) is 40.0 Å². The van der Waals surface area contributed by atoms with Crippen molar-refractivity contribution in [3.8, 4) is 16.9 Å². The van der Waals surface area contributed by atoms with Crippen molar-refractivity contribution in [1.82, 2.24) is 0 Å². The third-order valence-electron chi connectivity index (χ3n) is 6.66. The molecule has 31 heavy (non-hydrogen) atoms. The van der Waals surface area contributed by atoms with Crippen LogP contribution in [-0.4, -0.2) is 5.11 Å². The molecule has 0 amide bonds. The van der Waals surface area contributed by atoms with Gasteiger partial charge in [-0.2, -0.15) is 0 Å². The summed E-state index contributed by atoms with van der Waals surface area (Å²) in [7, 11) is 0. The summed E-state index contributed by atoms with van der Waals surface area (Å²) in [6.07, 6.45) is 0.555. The average Bonchev–Trinajstić information content (AvgIpc) is 2.95. The van der Waals surface area contributed by atoms with E-state index in [-0.39, 0.29) is 11.7 Å². The Morgan fingerprint density at radius 3 is 2.00 bits per heavy atom. The molecule has 0 radical (unpaired) electrons. The number of hydrogen-bond acceptors (Lipinski definition) is 1. The van der Waals surface area contributed by atoms with E-state index in [4.69, 9.17) is 0 Å². The standard InChI is InChI=1S/C28H26F2O/c1-16-17(2)19(4)27(18(16)3)24-15-26(30)25(29)14-23(24)22-12-8-11-21(28(22)31)13-20-9-6-5-7-10-20/h5-12,14-15,27,31H,13H2,1-4H3. The second-order valence-electron chi connectivity index (χ2n) is 8.38. The van der Waals surface area contributed by atoms with Crippen molar-refractivity contribution in [3.05, 3.63) is 111 Å². The van der Waals surface area contributed by atoms with Gasteiger partial charge in [0.2, 0.25) is 0 Å². The van der Waals surface area contributed by atoms with Crippen LogP contribution in [0.3, 0.4) is 0 Å². The van der Waals surface area contributed by atoms with Crippen molar-refractivity contribution in [2.24, 2.45) is 0 Å². The molecule has 0 saturated heterocycles. The van der Waals surface area contributed by atoms with Crippen LogP contribution in [0.15, 0.2) is 83.0 Å². The predicted molar refractivity (Wildman–Crippen MR) is 122 cm³/mol. The first-order valence-corrected chi connectivity index (χ1v) is 10.5. The normalized spacial score (nSPS) is 14.6. The lowest BCUT2D eigenvalue weighted by atomic mass is 9.83. The topological polar surface area (TPSA) is 20.2 Å². The molecule has 1 N–H and O–H groups in total. The van der Waals surface area contributed by atoms with E-state index in [2.05, 4.69) is 13.8 Å². The molecule has 3 aromatic rings. The monoisotopic (exact) mass is 416 g/mol. The lowest BCUT2D eigenvalue weighted by Crippen LogP contribution is -2.05. The van der Waals surface area contributed by atoms with Crippen molar-refractivity contribution in [3.63, 3.8) is 0 Å². The molecule has 0 saturated carbocycles. The smallest absolute Gasteiger partial charge is 0.159 e. The Bertz CT molecular complexity index is 1200. The zero-order chi connectivity index (χ0) is 22.3. The number of phenols is 1. The number of rotatable bonds is 4. The summed E-state index contributed by atoms with van der Waals surface area (Å²) in [5.74, 6) is -1.82. The van der Waals surface area contributed by atoms with Gasteiger partial charge in [0.25, 0.3) is 0 Å². The van der Waals surface area contributed by atoms with Crippen LogP contribution in [0.5, 0.6) is 5.75 Å². The summed E-state index contributed by atoms with van der Waals surface area (Å²) >= 11 is 0. The molecule has 0 fully saturated rings. The third-order valence-corrected chi connectivity index (χ3v) is 6.66. The molecular weight excluding hydrogens is 390 g/mol. The SMILES string of the molecule is CC1=C(C)C(c2cc(F)c(F)cc2-c2cccc(Cc3ccccc3)c2O)C(C)=C1C. The lowest BCUT2D eigenvalue weighted by molar-refractivity contribution is 0.471. The molecule has 158 valence electrons. The number of benzene rings is 3. The van der Waals surface area contributed by atoms with Crippen LogP contribution in [0.25, 0.3) is 11.1 Å². The highest BCUT2D eigenvalue weighted by Crippen LogP contribution is 2.48. The number of allylic oxidation sites excluding steroid dienone is 4. The quantitative estimate of drug-likeness (QED) is 0.462. The van der Waals surface area contributed by atoms with Crippen molar-refractivity contribution < 1.29 is 13.9 Å². The number of phenolic OH excluding ortho intramolecular Hbond substituents is 1. The highest BCUT2D eigenvalue weighted by atomic mass is 19.2. The first-order chi connectivity index (χ1) is 14.8. The minimum Gasteiger partial charge on any atom is -0.507 e. The Morgan fingerprint density at radius 2 is 1.35 bits per heavy atom. The fourth-order valence-electron chi connectivity index (χ4n) is 4.62. The summed E-state index contributed by atoms with van der Waals surface area (Å²) in [4.78, 5) is 0. The van der Waals surface area contributed by atoms with Gasteiger partial charge in [-0.1, -0.05) is 59.7 Å². The Balaban J connectivity index is 1.88. The molecule has 0 atom stereocenters. The van der Waals surface area contributed by atoms with Gasteiger partial charge in [0.15, 0.2) is 11.6 Å². The van der Waals surface area contributed by atoms with Crippen LogP contribution in [0.1, 0.15) is 50.3 Å². The molecule has 3 aromatic carbocycles. The molecule has 0 bridgehead atoms. The average molecular weight is 417 g/mol. The van der Waals surface area contributed by atoms with Crippen LogP contribution in [0.4, 0.5) is 8.78 Å². The first kappa shape index (κ1) is 21.0. The predicted octanol–water partition coefficient (Wildman–Crippen LogP) is 7.70. The molecule has 1 nitrogen and oxygen atoms in total. The van der Waals surface area contributed by atoms with E-state index < -0.39 is 11.6 Å². The van der Waals surface area contributed by atoms with Crippen molar-refractivity contribution in [1.29, 1.82) is 0 Å². The van der Waals surface area contributed by atoms with Gasteiger partial charge >= 0.3 is 0 Å². The molecule has 1 aliphatic carbocycles. The molecule has 3 heteroatoms. The van der Waals surface area contributed by atoms with Gasteiger partial charge in [0.05, 0.1) is 0 Å². The molecular formula is C28H26F2O. The molecule has 0 heterocycles. The first-order valence-electron chi connectivity index (χ1n) is 10.5. The zero-order valence-corrected chi connectivity index (χ0v) is 18.3. The molecule has 1 aliphatic rings. The Kier molecular flexibility index (Phi) is 5.53. The maximum atomic E-state index is 14.4. The van der Waals surface area contributed by atoms with Gasteiger partial charge in [-0.3, -0.25) is 0 Å². The number of aromatic hydroxyl groups is 1. The van der Waals surface area contributed by atoms with E-state index in [0.29, 0.717) is 23.1 Å². The minimum atomic E-state index is -0.915. The van der Waals surface area contributed by atoms with Gasteiger partial charge < -0.3 is 5.11 Å². The Hall–Kier alpha value is -3.20. The largest absolute Gasteiger partial charge is 0.507 e. The van der Waals surface area contributed by atoms with E-state index in [1.807, 2.05) is 56.3 Å². The molecule has 0 aliphatic heterocycles. The minimum absolute atomic E-state index is 0.105. The van der Waals surface area contributed by atoms with Gasteiger partial charge in [-0.15, -0.1) is 0 Å². The maximum Gasteiger partial charge on any atom is 0.159 e. The maximum absolute atomic E-state index is 14.4. The van der Waals surface area contributed by atoms with E-state index in [1.54, 1.807) is 6.07 Å². The van der Waals surface area contributed by atoms with Gasteiger partial charge in [0.1, 0.15) is 5.75 Å². The van der Waals surface area contributed by atoms with E-state index in [0.717, 1.165) is 22.3 Å². The summed E-state index contributed by atoms with van der Waals surface area (Å²) < 4.78 is 28.8. The second-order valence-corrected chi connectivity index (χ2v) is 8.38. The molecule has 4 rings (SSSR count). The zero-order valence-electron chi connectivity index (χ0n) is 18.3. The van der Waals surface area contributed by atoms with Gasteiger partial charge in [0, 0.05) is 17.9 Å². The highest BCUT2D eigenvalue weighted by molar-refractivity contribution is 5.77. The Morgan fingerprint density at radius 1 is 0.742 bits per heavy atom. The summed E-state index contributed by atoms with van der Waals surface area (Å²) in [6.45, 7) is 8.20. The van der Waals surface area contributed by atoms with Crippen LogP contribution < -0.4 is 0 Å². The van der Waals surface area contributed by atoms with Crippen molar-refractivity contribution >= 4 is 0 Å². The van der Waals surface area contributed by atoms with Gasteiger partial charge in [-0.05, 0) is 73.2 Å². The molecule has 0 aromatic heterocycles. The van der Waals surface area contributed by atoms with E-state index >= 15 is 0 Å². The highest BCUT2D eigenvalue weighted by Gasteiger charge is 2.30. The van der Waals surface area contributed by atoms with Crippen LogP contribution in [-0.2, 0) is 6.42 Å². The van der Waals surface area contributed by atoms with E-state index in [9.17, 15) is 13.9 Å². The third kappa shape index (κ3) is 3.69. The van der Waals surface area contributed by atoms with Crippen molar-refractivity contribution in [2.75, 3.05) is 0 Å². The van der Waals surface area contributed by atoms with E-state index in [1.165, 1.54) is 23.3 Å². The fraction of sp³-hybridized carbons (Fsp3) is 0.214. The number of halogens is 2. The lowest BCUT2D eigenvalue weighted by Gasteiger charge is -2.21. The van der Waals surface area contributed by atoms with Crippen LogP contribution in [0.2, 0.25) is 0 Å². The number of hydrogen-bond donors (Lipinski definition) is 1. The van der Waals surface area contributed by atoms with Crippen LogP contribution >= 0.6 is 0 Å². The van der Waals surface area contributed by atoms with Gasteiger partial charge in [-0.25, -0.2) is 8.78 Å². The summed E-state index contributed by atoms with van der Waals surface area (Å²) in [5, 5.41) is 11.1. The summed E-state index contributed by atoms with van der Waals surface area (Å²) in [5.41, 5.74) is 8.16. The fourth-order valence-corrected chi connectivity index (χ4v) is 4.62. The second kappa shape index (κ2) is 8.14. The summed E-state index contributed by atoms with van der Waals surface area (Å²) in [6, 6.07) is 17.9. The van der Waals surface area contributed by atoms with Crippen LogP contribution in [0, 0.1) is 11.6 Å². The molecule has 0 unspecified atom stereocenters. The number of para-hydroxylation sites is 1.